The van der Waals surface area contributed by atoms with E-state index in [0.717, 1.165) is 28.1 Å². The maximum absolute atomic E-state index is 4.59. The molecule has 3 nitrogen and oxygen atoms in total. The van der Waals surface area contributed by atoms with E-state index in [0.29, 0.717) is 0 Å². The summed E-state index contributed by atoms with van der Waals surface area (Å²) in [6, 6.07) is 23.4. The summed E-state index contributed by atoms with van der Waals surface area (Å²) in [7, 11) is 0. The zero-order valence-corrected chi connectivity index (χ0v) is 16.3. The zero-order valence-electron chi connectivity index (χ0n) is 15.5. The summed E-state index contributed by atoms with van der Waals surface area (Å²) in [4.78, 5) is 10.1. The molecule has 0 amide bonds. The predicted octanol–water partition coefficient (Wildman–Crippen LogP) is 6.82. The van der Waals surface area contributed by atoms with E-state index < -0.39 is 0 Å². The highest BCUT2D eigenvalue weighted by Gasteiger charge is 2.14. The number of hydrogen-bond acceptors (Lipinski definition) is 4. The number of nitrogens with zero attached hydrogens (tertiary/aromatic N) is 2. The maximum Gasteiger partial charge on any atom is 0.143 e. The van der Waals surface area contributed by atoms with Crippen molar-refractivity contribution in [2.24, 2.45) is 0 Å². The predicted molar refractivity (Wildman–Crippen MR) is 119 cm³/mol. The van der Waals surface area contributed by atoms with Crippen molar-refractivity contribution in [1.82, 2.24) is 9.97 Å². The first-order valence-corrected chi connectivity index (χ1v) is 10.3. The second kappa shape index (κ2) is 7.06. The van der Waals surface area contributed by atoms with Crippen LogP contribution in [0, 0.1) is 0 Å². The van der Waals surface area contributed by atoms with Crippen LogP contribution in [0.4, 0.5) is 11.5 Å². The lowest BCUT2D eigenvalue weighted by Gasteiger charge is -2.11. The Morgan fingerprint density at radius 3 is 2.57 bits per heavy atom. The number of aromatic nitrogens is 2. The van der Waals surface area contributed by atoms with Crippen molar-refractivity contribution in [2.75, 3.05) is 5.32 Å². The summed E-state index contributed by atoms with van der Waals surface area (Å²) < 4.78 is 0. The van der Waals surface area contributed by atoms with Gasteiger partial charge in [-0.25, -0.2) is 9.97 Å². The highest BCUT2D eigenvalue weighted by molar-refractivity contribution is 7.17. The molecule has 5 rings (SSSR count). The molecule has 0 aliphatic rings. The Hall–Kier alpha value is -3.24. The van der Waals surface area contributed by atoms with Gasteiger partial charge in [-0.1, -0.05) is 67.6 Å². The Labute approximate surface area is 167 Å². The molecule has 0 aliphatic carbocycles. The molecule has 0 bridgehead atoms. The highest BCUT2D eigenvalue weighted by Crippen LogP contribution is 2.38. The third kappa shape index (κ3) is 2.92. The fourth-order valence-electron chi connectivity index (χ4n) is 3.56. The van der Waals surface area contributed by atoms with E-state index >= 15 is 0 Å². The van der Waals surface area contributed by atoms with Crippen LogP contribution in [0.1, 0.15) is 12.5 Å². The molecule has 28 heavy (non-hydrogen) atoms. The molecule has 0 fully saturated rings. The van der Waals surface area contributed by atoms with Crippen molar-refractivity contribution < 1.29 is 0 Å². The maximum atomic E-state index is 4.59. The van der Waals surface area contributed by atoms with Gasteiger partial charge in [0.2, 0.25) is 0 Å². The third-order valence-corrected chi connectivity index (χ3v) is 5.97. The second-order valence-electron chi connectivity index (χ2n) is 6.75. The lowest BCUT2D eigenvalue weighted by Crippen LogP contribution is -1.96. The molecule has 0 unspecified atom stereocenters. The number of aryl methyl sites for hydroxylation is 1. The lowest BCUT2D eigenvalue weighted by atomic mass is 10.0. The summed E-state index contributed by atoms with van der Waals surface area (Å²) in [5.74, 6) is 0.845. The normalized spacial score (nSPS) is 11.2. The first kappa shape index (κ1) is 16.9. The van der Waals surface area contributed by atoms with Crippen LogP contribution >= 0.6 is 11.3 Å². The molecule has 136 valence electrons. The number of thiophene rings is 1. The van der Waals surface area contributed by atoms with Crippen molar-refractivity contribution >= 4 is 43.8 Å². The van der Waals surface area contributed by atoms with Crippen LogP contribution in [0.3, 0.4) is 0 Å². The third-order valence-electron chi connectivity index (χ3n) is 5.09. The Kier molecular flexibility index (Phi) is 4.26. The average molecular weight is 382 g/mol. The molecule has 0 atom stereocenters. The van der Waals surface area contributed by atoms with E-state index in [1.54, 1.807) is 17.7 Å². The molecule has 0 radical (unpaired) electrons. The minimum atomic E-state index is 0.845. The van der Waals surface area contributed by atoms with E-state index in [1.165, 1.54) is 27.5 Å². The van der Waals surface area contributed by atoms with Gasteiger partial charge in [-0.05, 0) is 29.0 Å². The lowest BCUT2D eigenvalue weighted by molar-refractivity contribution is 1.14. The molecule has 2 aromatic heterocycles. The fourth-order valence-corrected chi connectivity index (χ4v) is 4.48. The Morgan fingerprint density at radius 2 is 1.71 bits per heavy atom. The monoisotopic (exact) mass is 381 g/mol. The number of hydrogen-bond donors (Lipinski definition) is 1. The Morgan fingerprint density at radius 1 is 0.893 bits per heavy atom. The molecule has 0 saturated heterocycles. The van der Waals surface area contributed by atoms with Gasteiger partial charge in [0.25, 0.3) is 0 Å². The summed E-state index contributed by atoms with van der Waals surface area (Å²) >= 11 is 1.66. The van der Waals surface area contributed by atoms with Crippen LogP contribution in [0.5, 0.6) is 0 Å². The van der Waals surface area contributed by atoms with Gasteiger partial charge in [0, 0.05) is 22.0 Å². The van der Waals surface area contributed by atoms with Crippen molar-refractivity contribution in [2.45, 2.75) is 13.3 Å². The molecule has 1 N–H and O–H groups in total. The molecule has 0 spiro atoms. The summed E-state index contributed by atoms with van der Waals surface area (Å²) in [5.41, 5.74) is 4.76. The summed E-state index contributed by atoms with van der Waals surface area (Å²) in [5, 5.41) is 9.20. The smallest absolute Gasteiger partial charge is 0.143 e. The van der Waals surface area contributed by atoms with Crippen molar-refractivity contribution in [3.8, 4) is 11.1 Å². The van der Waals surface area contributed by atoms with Crippen LogP contribution in [-0.4, -0.2) is 9.97 Å². The molecular weight excluding hydrogens is 362 g/mol. The second-order valence-corrected chi connectivity index (χ2v) is 7.61. The molecule has 0 aliphatic heterocycles. The van der Waals surface area contributed by atoms with Gasteiger partial charge in [-0.2, -0.15) is 0 Å². The first-order chi connectivity index (χ1) is 13.8. The minimum absolute atomic E-state index is 0.845. The first-order valence-electron chi connectivity index (χ1n) is 9.40. The van der Waals surface area contributed by atoms with Crippen LogP contribution in [0.2, 0.25) is 0 Å². The van der Waals surface area contributed by atoms with Gasteiger partial charge >= 0.3 is 0 Å². The van der Waals surface area contributed by atoms with E-state index in [2.05, 4.69) is 94.3 Å². The fraction of sp³-hybridized carbons (Fsp3) is 0.0833. The number of rotatable bonds is 4. The van der Waals surface area contributed by atoms with Gasteiger partial charge in [0.05, 0.1) is 5.39 Å². The van der Waals surface area contributed by atoms with Crippen LogP contribution < -0.4 is 5.32 Å². The Balaban J connectivity index is 1.64. The van der Waals surface area contributed by atoms with Gasteiger partial charge in [0.15, 0.2) is 0 Å². The zero-order chi connectivity index (χ0) is 18.9. The van der Waals surface area contributed by atoms with E-state index in [9.17, 15) is 0 Å². The van der Waals surface area contributed by atoms with E-state index in [1.807, 2.05) is 0 Å². The molecule has 5 aromatic rings. The number of benzene rings is 3. The highest BCUT2D eigenvalue weighted by atomic mass is 32.1. The molecule has 2 heterocycles. The Bertz CT molecular complexity index is 1270. The molecule has 3 aromatic carbocycles. The van der Waals surface area contributed by atoms with Gasteiger partial charge in [-0.3, -0.25) is 0 Å². The summed E-state index contributed by atoms with van der Waals surface area (Å²) in [6.45, 7) is 2.18. The van der Waals surface area contributed by atoms with Crippen molar-refractivity contribution in [3.63, 3.8) is 0 Å². The number of fused-ring (bicyclic) bond motifs is 2. The number of anilines is 2. The van der Waals surface area contributed by atoms with Crippen molar-refractivity contribution in [3.05, 3.63) is 84.0 Å². The molecular formula is C24H19N3S. The van der Waals surface area contributed by atoms with E-state index in [4.69, 9.17) is 0 Å². The largest absolute Gasteiger partial charge is 0.339 e. The SMILES string of the molecule is CCc1ccc(-c2csc3ncnc(Nc4cccc5ccccc45)c23)cc1. The van der Waals surface area contributed by atoms with Gasteiger partial charge in [-0.15, -0.1) is 11.3 Å². The average Bonchev–Trinajstić information content (AvgIpc) is 3.19. The standard InChI is InChI=1S/C24H19N3S/c1-2-16-10-12-18(13-11-16)20-14-28-24-22(20)23(25-15-26-24)27-21-9-5-7-17-6-3-4-8-19(17)21/h3-15H,2H2,1H3,(H,25,26,27). The van der Waals surface area contributed by atoms with Gasteiger partial charge < -0.3 is 5.32 Å². The van der Waals surface area contributed by atoms with Crippen LogP contribution in [-0.2, 0) is 6.42 Å². The topological polar surface area (TPSA) is 37.8 Å². The molecule has 4 heteroatoms. The van der Waals surface area contributed by atoms with E-state index in [-0.39, 0.29) is 0 Å². The quantitative estimate of drug-likeness (QED) is 0.371. The molecule has 0 saturated carbocycles. The van der Waals surface area contributed by atoms with Crippen LogP contribution in [0.25, 0.3) is 32.1 Å². The van der Waals surface area contributed by atoms with Gasteiger partial charge in [0.1, 0.15) is 17.0 Å². The number of nitrogens with one attached hydrogen (secondary N) is 1. The minimum Gasteiger partial charge on any atom is -0.339 e. The van der Waals surface area contributed by atoms with Crippen LogP contribution in [0.15, 0.2) is 78.4 Å². The van der Waals surface area contributed by atoms with Crippen molar-refractivity contribution in [1.29, 1.82) is 0 Å². The summed E-state index contributed by atoms with van der Waals surface area (Å²) in [6.07, 6.45) is 2.68.